The van der Waals surface area contributed by atoms with Gasteiger partial charge in [-0.15, -0.1) is 0 Å². The first-order chi connectivity index (χ1) is 11.4. The molecule has 1 saturated heterocycles. The first-order valence-corrected chi connectivity index (χ1v) is 7.98. The third kappa shape index (κ3) is 4.06. The minimum absolute atomic E-state index is 0.100. The molecule has 1 aliphatic rings. The minimum atomic E-state index is -0.754. The number of hydrogen-bond donors (Lipinski definition) is 1. The predicted octanol–water partition coefficient (Wildman–Crippen LogP) is 2.85. The second-order valence-electron chi connectivity index (χ2n) is 5.76. The van der Waals surface area contributed by atoms with E-state index in [1.54, 1.807) is 0 Å². The van der Waals surface area contributed by atoms with Crippen LogP contribution in [0.15, 0.2) is 18.2 Å². The number of rotatable bonds is 5. The molecule has 0 aliphatic carbocycles. The third-order valence-corrected chi connectivity index (χ3v) is 4.01. The van der Waals surface area contributed by atoms with Crippen molar-refractivity contribution in [1.29, 1.82) is 0 Å². The van der Waals surface area contributed by atoms with E-state index in [4.69, 9.17) is 0 Å². The molecule has 1 N–H and O–H groups in total. The van der Waals surface area contributed by atoms with Crippen molar-refractivity contribution in [2.75, 3.05) is 11.9 Å². The number of amides is 2. The van der Waals surface area contributed by atoms with Gasteiger partial charge in [-0.1, -0.05) is 6.92 Å². The summed E-state index contributed by atoms with van der Waals surface area (Å²) in [5.74, 6) is -1.37. The number of halogens is 1. The number of anilines is 1. The Kier molecular flexibility index (Phi) is 5.83. The van der Waals surface area contributed by atoms with Crippen LogP contribution < -0.4 is 5.32 Å². The Morgan fingerprint density at radius 1 is 1.42 bits per heavy atom. The summed E-state index contributed by atoms with van der Waals surface area (Å²) in [6.45, 7) is 2.38. The highest BCUT2D eigenvalue weighted by Crippen LogP contribution is 2.24. The summed E-state index contributed by atoms with van der Waals surface area (Å²) >= 11 is 0. The van der Waals surface area contributed by atoms with E-state index in [-0.39, 0.29) is 17.3 Å². The van der Waals surface area contributed by atoms with Crippen molar-refractivity contribution in [3.63, 3.8) is 0 Å². The van der Waals surface area contributed by atoms with Crippen molar-refractivity contribution < 1.29 is 18.9 Å². The van der Waals surface area contributed by atoms with E-state index in [2.05, 4.69) is 5.32 Å². The SMILES string of the molecule is CCCC(=O)N1CCCC[C@H]1C(=O)Nc1cc([N+](=O)[O-])ccc1F. The zero-order chi connectivity index (χ0) is 17.7. The minimum Gasteiger partial charge on any atom is -0.331 e. The molecule has 24 heavy (non-hydrogen) atoms. The number of non-ortho nitro benzene ring substituents is 1. The van der Waals surface area contributed by atoms with Crippen molar-refractivity contribution in [2.45, 2.75) is 45.1 Å². The highest BCUT2D eigenvalue weighted by Gasteiger charge is 2.32. The summed E-state index contributed by atoms with van der Waals surface area (Å²) in [6.07, 6.45) is 3.16. The van der Waals surface area contributed by atoms with Gasteiger partial charge in [-0.25, -0.2) is 4.39 Å². The molecule has 0 unspecified atom stereocenters. The standard InChI is InChI=1S/C16H20FN3O4/c1-2-5-15(21)19-9-4-3-6-14(19)16(22)18-13-10-11(20(23)24)7-8-12(13)17/h7-8,10,14H,2-6,9H2,1H3,(H,18,22)/t14-/m0/s1. The highest BCUT2D eigenvalue weighted by atomic mass is 19.1. The molecule has 0 spiro atoms. The van der Waals surface area contributed by atoms with Crippen LogP contribution in [0.25, 0.3) is 0 Å². The first kappa shape index (κ1) is 17.8. The van der Waals surface area contributed by atoms with Gasteiger partial charge >= 0.3 is 0 Å². The predicted molar refractivity (Wildman–Crippen MR) is 85.9 cm³/mol. The largest absolute Gasteiger partial charge is 0.331 e. The lowest BCUT2D eigenvalue weighted by Gasteiger charge is -2.34. The number of hydrogen-bond acceptors (Lipinski definition) is 4. The molecule has 130 valence electrons. The van der Waals surface area contributed by atoms with Gasteiger partial charge in [0.25, 0.3) is 5.69 Å². The van der Waals surface area contributed by atoms with E-state index in [1.165, 1.54) is 4.90 Å². The van der Waals surface area contributed by atoms with Crippen LogP contribution in [-0.4, -0.2) is 34.2 Å². The van der Waals surface area contributed by atoms with Crippen LogP contribution in [0.4, 0.5) is 15.8 Å². The Morgan fingerprint density at radius 3 is 2.83 bits per heavy atom. The van der Waals surface area contributed by atoms with E-state index in [1.807, 2.05) is 6.92 Å². The summed E-state index contributed by atoms with van der Waals surface area (Å²) in [4.78, 5) is 36.3. The molecule has 2 amide bonds. The smallest absolute Gasteiger partial charge is 0.271 e. The van der Waals surface area contributed by atoms with E-state index in [0.717, 1.165) is 31.0 Å². The number of benzene rings is 1. The lowest BCUT2D eigenvalue weighted by Crippen LogP contribution is -2.50. The van der Waals surface area contributed by atoms with Gasteiger partial charge < -0.3 is 10.2 Å². The maximum absolute atomic E-state index is 13.8. The normalized spacial score (nSPS) is 17.4. The van der Waals surface area contributed by atoms with Crippen molar-refractivity contribution >= 4 is 23.2 Å². The molecule has 8 heteroatoms. The van der Waals surface area contributed by atoms with Crippen LogP contribution in [0.5, 0.6) is 0 Å². The lowest BCUT2D eigenvalue weighted by molar-refractivity contribution is -0.384. The molecule has 0 aromatic heterocycles. The van der Waals surface area contributed by atoms with Crippen molar-refractivity contribution in [3.05, 3.63) is 34.1 Å². The highest BCUT2D eigenvalue weighted by molar-refractivity contribution is 5.97. The maximum atomic E-state index is 13.8. The summed E-state index contributed by atoms with van der Waals surface area (Å²) in [5, 5.41) is 13.2. The number of carbonyl (C=O) groups excluding carboxylic acids is 2. The van der Waals surface area contributed by atoms with Crippen LogP contribution in [-0.2, 0) is 9.59 Å². The summed E-state index contributed by atoms with van der Waals surface area (Å²) in [5.41, 5.74) is -0.558. The molecule has 0 saturated carbocycles. The molecule has 1 aliphatic heterocycles. The van der Waals surface area contributed by atoms with Crippen molar-refractivity contribution in [2.24, 2.45) is 0 Å². The lowest BCUT2D eigenvalue weighted by atomic mass is 10.0. The topological polar surface area (TPSA) is 92.6 Å². The number of likely N-dealkylation sites (tertiary alicyclic amines) is 1. The summed E-state index contributed by atoms with van der Waals surface area (Å²) in [7, 11) is 0. The second kappa shape index (κ2) is 7.85. The van der Waals surface area contributed by atoms with Crippen molar-refractivity contribution in [1.82, 2.24) is 4.90 Å². The number of carbonyl (C=O) groups is 2. The third-order valence-electron chi connectivity index (χ3n) is 4.01. The van der Waals surface area contributed by atoms with E-state index in [9.17, 15) is 24.1 Å². The number of nitro benzene ring substituents is 1. The fourth-order valence-corrected chi connectivity index (χ4v) is 2.80. The summed E-state index contributed by atoms with van der Waals surface area (Å²) < 4.78 is 13.8. The first-order valence-electron chi connectivity index (χ1n) is 7.98. The molecule has 1 aromatic carbocycles. The number of nitrogens with one attached hydrogen (secondary N) is 1. The Bertz CT molecular complexity index is 650. The number of piperidine rings is 1. The van der Waals surface area contributed by atoms with Crippen LogP contribution in [0.2, 0.25) is 0 Å². The van der Waals surface area contributed by atoms with Crippen LogP contribution in [0, 0.1) is 15.9 Å². The zero-order valence-corrected chi connectivity index (χ0v) is 13.5. The van der Waals surface area contributed by atoms with Gasteiger partial charge in [0.05, 0.1) is 10.6 Å². The van der Waals surface area contributed by atoms with Crippen LogP contribution in [0.1, 0.15) is 39.0 Å². The average Bonchev–Trinajstić information content (AvgIpc) is 2.56. The van der Waals surface area contributed by atoms with Crippen LogP contribution >= 0.6 is 0 Å². The molecule has 0 bridgehead atoms. The van der Waals surface area contributed by atoms with Gasteiger partial charge in [0, 0.05) is 25.1 Å². The molecule has 2 rings (SSSR count). The van der Waals surface area contributed by atoms with Gasteiger partial charge in [-0.05, 0) is 31.7 Å². The fraction of sp³-hybridized carbons (Fsp3) is 0.500. The van der Waals surface area contributed by atoms with E-state index < -0.39 is 22.7 Å². The monoisotopic (exact) mass is 337 g/mol. The fourth-order valence-electron chi connectivity index (χ4n) is 2.80. The molecular formula is C16H20FN3O4. The summed E-state index contributed by atoms with van der Waals surface area (Å²) in [6, 6.07) is 2.28. The van der Waals surface area contributed by atoms with Gasteiger partial charge in [0.1, 0.15) is 11.9 Å². The molecule has 1 atom stereocenters. The molecule has 1 fully saturated rings. The molecule has 7 nitrogen and oxygen atoms in total. The molecule has 1 aromatic rings. The second-order valence-corrected chi connectivity index (χ2v) is 5.76. The number of nitro groups is 1. The Labute approximate surface area is 139 Å². The van der Waals surface area contributed by atoms with Crippen molar-refractivity contribution in [3.8, 4) is 0 Å². The van der Waals surface area contributed by atoms with Crippen LogP contribution in [0.3, 0.4) is 0 Å². The van der Waals surface area contributed by atoms with Gasteiger partial charge in [0.15, 0.2) is 0 Å². The molecular weight excluding hydrogens is 317 g/mol. The maximum Gasteiger partial charge on any atom is 0.271 e. The van der Waals surface area contributed by atoms with E-state index >= 15 is 0 Å². The van der Waals surface area contributed by atoms with Gasteiger partial charge in [0.2, 0.25) is 11.8 Å². The van der Waals surface area contributed by atoms with E-state index in [0.29, 0.717) is 25.8 Å². The Morgan fingerprint density at radius 2 is 2.17 bits per heavy atom. The quantitative estimate of drug-likeness (QED) is 0.660. The van der Waals surface area contributed by atoms with Gasteiger partial charge in [-0.3, -0.25) is 19.7 Å². The zero-order valence-electron chi connectivity index (χ0n) is 13.5. The number of nitrogens with zero attached hydrogens (tertiary/aromatic N) is 2. The molecule has 1 heterocycles. The van der Waals surface area contributed by atoms with Gasteiger partial charge in [-0.2, -0.15) is 0 Å². The Balaban J connectivity index is 2.16. The molecule has 0 radical (unpaired) electrons. The Hall–Kier alpha value is -2.51. The average molecular weight is 337 g/mol.